The van der Waals surface area contributed by atoms with E-state index in [2.05, 4.69) is 10.3 Å². The Morgan fingerprint density at radius 2 is 2.06 bits per heavy atom. The molecule has 35 heavy (non-hydrogen) atoms. The monoisotopic (exact) mass is 493 g/mol. The molecule has 2 aromatic rings. The van der Waals surface area contributed by atoms with Gasteiger partial charge >= 0.3 is 0 Å². The quantitative estimate of drug-likeness (QED) is 0.524. The summed E-state index contributed by atoms with van der Waals surface area (Å²) in [6, 6.07) is 8.27. The molecule has 0 saturated heterocycles. The van der Waals surface area contributed by atoms with Crippen molar-refractivity contribution in [2.75, 3.05) is 25.1 Å². The first-order chi connectivity index (χ1) is 16.6. The maximum absolute atomic E-state index is 14.9. The minimum Gasteiger partial charge on any atom is -0.483 e. The van der Waals surface area contributed by atoms with Crippen LogP contribution >= 0.6 is 0 Å². The van der Waals surface area contributed by atoms with E-state index in [-0.39, 0.29) is 35.7 Å². The van der Waals surface area contributed by atoms with Crippen LogP contribution in [0, 0.1) is 11.7 Å². The summed E-state index contributed by atoms with van der Waals surface area (Å²) in [4.78, 5) is 25.2. The summed E-state index contributed by atoms with van der Waals surface area (Å²) in [5, 5.41) is 9.47. The molecule has 2 heterocycles. The summed E-state index contributed by atoms with van der Waals surface area (Å²) in [5.74, 6) is -4.06. The first kappa shape index (κ1) is 26.0. The molecule has 1 aliphatic heterocycles. The Balaban J connectivity index is 0.00000108. The molecule has 1 atom stereocenters. The van der Waals surface area contributed by atoms with Crippen molar-refractivity contribution in [3.8, 4) is 5.88 Å². The van der Waals surface area contributed by atoms with E-state index in [4.69, 9.17) is 25.1 Å². The van der Waals surface area contributed by atoms with Gasteiger partial charge in [-0.15, -0.1) is 0 Å². The third kappa shape index (κ3) is 5.91. The summed E-state index contributed by atoms with van der Waals surface area (Å²) >= 11 is 0. The number of aromatic nitrogens is 1. The highest BCUT2D eigenvalue weighted by Crippen LogP contribution is 2.46. The molecule has 0 radical (unpaired) electrons. The van der Waals surface area contributed by atoms with Gasteiger partial charge in [-0.2, -0.15) is 0 Å². The minimum absolute atomic E-state index is 0.0861. The smallest absolute Gasteiger partial charge is 0.290 e. The van der Waals surface area contributed by atoms with E-state index in [9.17, 15) is 18.0 Å². The Morgan fingerprint density at radius 1 is 1.34 bits per heavy atom. The van der Waals surface area contributed by atoms with Crippen molar-refractivity contribution in [1.29, 1.82) is 0 Å². The van der Waals surface area contributed by atoms with Gasteiger partial charge in [0.15, 0.2) is 0 Å². The number of ether oxygens (including phenoxy) is 2. The molecule has 188 valence electrons. The van der Waals surface area contributed by atoms with E-state index < -0.39 is 29.7 Å². The lowest BCUT2D eigenvalue weighted by molar-refractivity contribution is -0.122. The van der Waals surface area contributed by atoms with Crippen LogP contribution in [0.25, 0.3) is 0 Å². The zero-order valence-electron chi connectivity index (χ0n) is 19.0. The Bertz CT molecular complexity index is 1110. The Kier molecular flexibility index (Phi) is 8.00. The molecule has 1 saturated carbocycles. The summed E-state index contributed by atoms with van der Waals surface area (Å²) < 4.78 is 55.1. The van der Waals surface area contributed by atoms with Crippen LogP contribution in [0.15, 0.2) is 48.2 Å². The van der Waals surface area contributed by atoms with E-state index in [0.717, 1.165) is 18.9 Å². The van der Waals surface area contributed by atoms with Crippen LogP contribution in [0.2, 0.25) is 0 Å². The van der Waals surface area contributed by atoms with Gasteiger partial charge in [0.1, 0.15) is 23.5 Å². The number of nitrogens with two attached hydrogens (primary N) is 1. The lowest BCUT2D eigenvalue weighted by Gasteiger charge is -2.37. The molecule has 0 spiro atoms. The lowest BCUT2D eigenvalue weighted by Crippen LogP contribution is -2.49. The topological polar surface area (TPSA) is 124 Å². The molecule has 1 aromatic carbocycles. The normalized spacial score (nSPS) is 21.0. The maximum Gasteiger partial charge on any atom is 0.290 e. The van der Waals surface area contributed by atoms with Gasteiger partial charge in [-0.3, -0.25) is 9.59 Å². The number of benzene rings is 1. The number of hydrogen-bond acceptors (Lipinski definition) is 6. The van der Waals surface area contributed by atoms with Gasteiger partial charge in [-0.05, 0) is 56.0 Å². The molecular weight excluding hydrogens is 467 g/mol. The molecule has 2 aliphatic rings. The second-order valence-electron chi connectivity index (χ2n) is 8.37. The van der Waals surface area contributed by atoms with E-state index >= 15 is 0 Å². The number of carbonyl (C=O) groups is 2. The van der Waals surface area contributed by atoms with Crippen molar-refractivity contribution in [2.24, 2.45) is 11.7 Å². The highest BCUT2D eigenvalue weighted by Gasteiger charge is 2.55. The van der Waals surface area contributed by atoms with Gasteiger partial charge < -0.3 is 25.6 Å². The fraction of sp³-hybridized carbons (Fsp3) is 0.375. The van der Waals surface area contributed by atoms with Crippen molar-refractivity contribution in [3.05, 3.63) is 65.2 Å². The third-order valence-electron chi connectivity index (χ3n) is 5.90. The molecule has 11 heteroatoms. The van der Waals surface area contributed by atoms with Crippen LogP contribution in [-0.4, -0.2) is 48.2 Å². The molecular formula is C24H26F3N3O5. The van der Waals surface area contributed by atoms with Crippen LogP contribution in [-0.2, 0) is 14.9 Å². The van der Waals surface area contributed by atoms with E-state index in [1.807, 2.05) is 0 Å². The number of hydrogen-bond donors (Lipinski definition) is 3. The van der Waals surface area contributed by atoms with Gasteiger partial charge in [-0.25, -0.2) is 18.2 Å². The molecule has 0 bridgehead atoms. The first-order valence-electron chi connectivity index (χ1n) is 10.8. The molecule has 0 unspecified atom stereocenters. The largest absolute Gasteiger partial charge is 0.483 e. The van der Waals surface area contributed by atoms with Crippen LogP contribution in [0.4, 0.5) is 18.9 Å². The summed E-state index contributed by atoms with van der Waals surface area (Å²) in [6.45, 7) is 0.457. The third-order valence-corrected chi connectivity index (χ3v) is 5.90. The fourth-order valence-corrected chi connectivity index (χ4v) is 3.54. The number of nitrogens with one attached hydrogen (secondary N) is 1. The van der Waals surface area contributed by atoms with E-state index in [0.29, 0.717) is 18.4 Å². The number of alkyl halides is 2. The minimum atomic E-state index is -3.47. The van der Waals surface area contributed by atoms with Gasteiger partial charge in [0.2, 0.25) is 5.88 Å². The van der Waals surface area contributed by atoms with Crippen LogP contribution in [0.5, 0.6) is 5.88 Å². The van der Waals surface area contributed by atoms with Gasteiger partial charge in [0.25, 0.3) is 18.3 Å². The van der Waals surface area contributed by atoms with E-state index in [1.54, 1.807) is 12.1 Å². The highest BCUT2D eigenvalue weighted by atomic mass is 19.3. The van der Waals surface area contributed by atoms with Gasteiger partial charge in [-0.1, -0.05) is 6.07 Å². The number of rotatable bonds is 6. The first-order valence-corrected chi connectivity index (χ1v) is 10.8. The summed E-state index contributed by atoms with van der Waals surface area (Å²) in [7, 11) is 0. The molecule has 1 fully saturated rings. The van der Waals surface area contributed by atoms with Gasteiger partial charge in [0, 0.05) is 23.0 Å². The SMILES string of the molecule is C[C@]1(c2cc(NC(=O)c3cccc(OCC4CC4)n3)ccc2F)C(N)=CCOCC1(F)F.O=CO. The Morgan fingerprint density at radius 3 is 2.74 bits per heavy atom. The highest BCUT2D eigenvalue weighted by molar-refractivity contribution is 6.03. The maximum atomic E-state index is 14.9. The van der Waals surface area contributed by atoms with Crippen LogP contribution in [0.1, 0.15) is 35.8 Å². The number of amides is 1. The van der Waals surface area contributed by atoms with Crippen LogP contribution < -0.4 is 15.8 Å². The molecule has 4 rings (SSSR count). The second kappa shape index (κ2) is 10.8. The predicted molar refractivity (Wildman–Crippen MR) is 121 cm³/mol. The van der Waals surface area contributed by atoms with Crippen molar-refractivity contribution < 1.29 is 37.3 Å². The number of pyridine rings is 1. The molecule has 1 amide bonds. The zero-order valence-corrected chi connectivity index (χ0v) is 19.0. The zero-order chi connectivity index (χ0) is 25.6. The predicted octanol–water partition coefficient (Wildman–Crippen LogP) is 3.73. The molecule has 1 aliphatic carbocycles. The molecule has 1 aromatic heterocycles. The van der Waals surface area contributed by atoms with Gasteiger partial charge in [0.05, 0.1) is 13.2 Å². The van der Waals surface area contributed by atoms with Crippen molar-refractivity contribution >= 4 is 18.1 Å². The number of halogens is 3. The van der Waals surface area contributed by atoms with Crippen molar-refractivity contribution in [3.63, 3.8) is 0 Å². The number of nitrogens with zero attached hydrogens (tertiary/aromatic N) is 1. The van der Waals surface area contributed by atoms with E-state index in [1.165, 1.54) is 31.2 Å². The number of anilines is 1. The number of carboxylic acid groups (broad SMARTS) is 1. The number of allylic oxidation sites excluding steroid dienone is 1. The average molecular weight is 493 g/mol. The lowest BCUT2D eigenvalue weighted by atomic mass is 9.73. The molecule has 8 nitrogen and oxygen atoms in total. The summed E-state index contributed by atoms with van der Waals surface area (Å²) in [6.07, 6.45) is 3.55. The average Bonchev–Trinajstić information content (AvgIpc) is 3.66. The molecule has 4 N–H and O–H groups in total. The van der Waals surface area contributed by atoms with Crippen LogP contribution in [0.3, 0.4) is 0 Å². The second-order valence-corrected chi connectivity index (χ2v) is 8.37. The Hall–Kier alpha value is -3.60. The Labute approximate surface area is 199 Å². The number of carbonyl (C=O) groups excluding carboxylic acids is 1. The fourth-order valence-electron chi connectivity index (χ4n) is 3.54. The summed E-state index contributed by atoms with van der Waals surface area (Å²) in [5.41, 5.74) is 3.45. The van der Waals surface area contributed by atoms with Crippen molar-refractivity contribution in [1.82, 2.24) is 4.98 Å². The van der Waals surface area contributed by atoms with Crippen molar-refractivity contribution in [2.45, 2.75) is 31.1 Å². The standard InChI is InChI=1S/C23H24F3N3O3.CH2O2/c1-22(19(27)9-10-31-13-23(22,25)26)16-11-15(7-8-17(16)24)28-21(30)18-3-2-4-20(29-18)32-12-14-5-6-14;2-1-3/h2-4,7-9,11,14H,5-6,10,12-13,27H2,1H3,(H,28,30);1H,(H,2,3)/t22-;/m0./s1.